The average Bonchev–Trinajstić information content (AvgIpc) is 2.38. The molecule has 96 valence electrons. The van der Waals surface area contributed by atoms with Gasteiger partial charge in [0.15, 0.2) is 0 Å². The fourth-order valence-corrected chi connectivity index (χ4v) is 2.71. The van der Waals surface area contributed by atoms with E-state index < -0.39 is 10.0 Å². The third kappa shape index (κ3) is 3.13. The molecule has 0 saturated heterocycles. The van der Waals surface area contributed by atoms with Gasteiger partial charge in [-0.25, -0.2) is 8.42 Å². The van der Waals surface area contributed by atoms with Gasteiger partial charge in [0.2, 0.25) is 10.0 Å². The van der Waals surface area contributed by atoms with Gasteiger partial charge in [-0.1, -0.05) is 12.0 Å². The van der Waals surface area contributed by atoms with Crippen LogP contribution >= 0.6 is 0 Å². The van der Waals surface area contributed by atoms with Crippen LogP contribution in [0.1, 0.15) is 0 Å². The first kappa shape index (κ1) is 14.3. The number of ether oxygens (including phenoxy) is 1. The van der Waals surface area contributed by atoms with Gasteiger partial charge in [-0.3, -0.25) is 0 Å². The summed E-state index contributed by atoms with van der Waals surface area (Å²) in [5, 5.41) is 0. The Morgan fingerprint density at radius 3 is 2.50 bits per heavy atom. The minimum absolute atomic E-state index is 0.0143. The number of terminal acetylenes is 1. The molecular weight excluding hydrogens is 250 g/mol. The molecule has 0 aliphatic rings. The standard InChI is InChI=1S/C13H15NO3S/c1-4-10-14(11-5-2)18(15,16)13-8-6-12(17-3)7-9-13/h1,5-9H,2,10-11H2,3H3. The maximum Gasteiger partial charge on any atom is 0.244 e. The lowest BCUT2D eigenvalue weighted by Gasteiger charge is -2.18. The van der Waals surface area contributed by atoms with Gasteiger partial charge in [0.1, 0.15) is 5.75 Å². The van der Waals surface area contributed by atoms with Gasteiger partial charge in [-0.2, -0.15) is 4.31 Å². The molecular formula is C13H15NO3S. The Balaban J connectivity index is 3.09. The van der Waals surface area contributed by atoms with E-state index in [1.54, 1.807) is 12.1 Å². The van der Waals surface area contributed by atoms with Gasteiger partial charge in [-0.05, 0) is 24.3 Å². The summed E-state index contributed by atoms with van der Waals surface area (Å²) in [5.41, 5.74) is 0. The molecule has 0 atom stereocenters. The summed E-state index contributed by atoms with van der Waals surface area (Å²) in [6, 6.07) is 6.16. The van der Waals surface area contributed by atoms with Crippen LogP contribution in [0.4, 0.5) is 0 Å². The summed E-state index contributed by atoms with van der Waals surface area (Å²) in [6.45, 7) is 3.72. The lowest BCUT2D eigenvalue weighted by molar-refractivity contribution is 0.414. The van der Waals surface area contributed by atoms with E-state index in [2.05, 4.69) is 12.5 Å². The predicted molar refractivity (Wildman–Crippen MR) is 70.8 cm³/mol. The molecule has 0 amide bonds. The van der Waals surface area contributed by atoms with Crippen molar-refractivity contribution < 1.29 is 13.2 Å². The molecule has 0 spiro atoms. The van der Waals surface area contributed by atoms with E-state index in [0.29, 0.717) is 5.75 Å². The van der Waals surface area contributed by atoms with Crippen molar-refractivity contribution in [2.75, 3.05) is 20.2 Å². The molecule has 18 heavy (non-hydrogen) atoms. The Kier molecular flexibility index (Phi) is 4.95. The highest BCUT2D eigenvalue weighted by molar-refractivity contribution is 7.89. The number of rotatable bonds is 6. The highest BCUT2D eigenvalue weighted by Gasteiger charge is 2.22. The Morgan fingerprint density at radius 2 is 2.06 bits per heavy atom. The fraction of sp³-hybridized carbons (Fsp3) is 0.231. The smallest absolute Gasteiger partial charge is 0.244 e. The van der Waals surface area contributed by atoms with Gasteiger partial charge in [0, 0.05) is 6.54 Å². The monoisotopic (exact) mass is 265 g/mol. The Bertz CT molecular complexity index is 541. The molecule has 0 unspecified atom stereocenters. The predicted octanol–water partition coefficient (Wildman–Crippen LogP) is 1.51. The van der Waals surface area contributed by atoms with Gasteiger partial charge in [0.25, 0.3) is 0 Å². The van der Waals surface area contributed by atoms with Crippen LogP contribution in [-0.4, -0.2) is 32.9 Å². The second-order valence-electron chi connectivity index (χ2n) is 3.47. The van der Waals surface area contributed by atoms with Crippen molar-refractivity contribution in [2.24, 2.45) is 0 Å². The summed E-state index contributed by atoms with van der Waals surface area (Å²) in [5.74, 6) is 2.92. The average molecular weight is 265 g/mol. The molecule has 0 fully saturated rings. The molecule has 0 radical (unpaired) electrons. The first-order chi connectivity index (χ1) is 8.56. The normalized spacial score (nSPS) is 10.9. The quantitative estimate of drug-likeness (QED) is 0.578. The number of hydrogen-bond donors (Lipinski definition) is 0. The largest absolute Gasteiger partial charge is 0.497 e. The van der Waals surface area contributed by atoms with Crippen molar-refractivity contribution in [1.29, 1.82) is 0 Å². The molecule has 0 N–H and O–H groups in total. The van der Waals surface area contributed by atoms with Crippen molar-refractivity contribution in [3.8, 4) is 18.1 Å². The Labute approximate surface area is 108 Å². The number of benzene rings is 1. The van der Waals surface area contributed by atoms with E-state index in [1.165, 1.54) is 29.6 Å². The van der Waals surface area contributed by atoms with E-state index in [0.717, 1.165) is 0 Å². The topological polar surface area (TPSA) is 46.6 Å². The van der Waals surface area contributed by atoms with Gasteiger partial charge in [-0.15, -0.1) is 13.0 Å². The zero-order valence-corrected chi connectivity index (χ0v) is 11.0. The number of nitrogens with zero attached hydrogens (tertiary/aromatic N) is 1. The van der Waals surface area contributed by atoms with E-state index in [1.807, 2.05) is 0 Å². The summed E-state index contributed by atoms with van der Waals surface area (Å²) in [7, 11) is -2.07. The SMILES string of the molecule is C#CCN(CC=C)S(=O)(=O)c1ccc(OC)cc1. The zero-order chi connectivity index (χ0) is 13.6. The molecule has 0 aliphatic heterocycles. The van der Waals surface area contributed by atoms with Crippen molar-refractivity contribution in [2.45, 2.75) is 4.90 Å². The molecule has 0 aliphatic carbocycles. The lowest BCUT2D eigenvalue weighted by Crippen LogP contribution is -2.31. The van der Waals surface area contributed by atoms with Crippen LogP contribution in [0.2, 0.25) is 0 Å². The Morgan fingerprint density at radius 1 is 1.44 bits per heavy atom. The molecule has 0 heterocycles. The minimum Gasteiger partial charge on any atom is -0.497 e. The number of methoxy groups -OCH3 is 1. The van der Waals surface area contributed by atoms with Gasteiger partial charge in [0.05, 0.1) is 18.6 Å². The highest BCUT2D eigenvalue weighted by atomic mass is 32.2. The molecule has 4 nitrogen and oxygen atoms in total. The molecule has 1 aromatic carbocycles. The summed E-state index contributed by atoms with van der Waals surface area (Å²) in [6.07, 6.45) is 6.67. The van der Waals surface area contributed by atoms with E-state index in [4.69, 9.17) is 11.2 Å². The van der Waals surface area contributed by atoms with E-state index in [-0.39, 0.29) is 18.0 Å². The maximum absolute atomic E-state index is 12.3. The highest BCUT2D eigenvalue weighted by Crippen LogP contribution is 2.19. The number of hydrogen-bond acceptors (Lipinski definition) is 3. The van der Waals surface area contributed by atoms with Crippen molar-refractivity contribution in [3.05, 3.63) is 36.9 Å². The van der Waals surface area contributed by atoms with Crippen LogP contribution in [0.25, 0.3) is 0 Å². The molecule has 0 saturated carbocycles. The molecule has 0 bridgehead atoms. The van der Waals surface area contributed by atoms with E-state index >= 15 is 0 Å². The Hall–Kier alpha value is -1.77. The van der Waals surface area contributed by atoms with Crippen molar-refractivity contribution in [1.82, 2.24) is 4.31 Å². The third-order valence-electron chi connectivity index (χ3n) is 2.30. The fourth-order valence-electron chi connectivity index (χ4n) is 1.39. The number of sulfonamides is 1. The van der Waals surface area contributed by atoms with Crippen LogP contribution in [0.3, 0.4) is 0 Å². The van der Waals surface area contributed by atoms with Crippen LogP contribution in [0.5, 0.6) is 5.75 Å². The lowest BCUT2D eigenvalue weighted by atomic mass is 10.3. The molecule has 1 rings (SSSR count). The second-order valence-corrected chi connectivity index (χ2v) is 5.40. The molecule has 0 aromatic heterocycles. The minimum atomic E-state index is -3.59. The second kappa shape index (κ2) is 6.24. The summed E-state index contributed by atoms with van der Waals surface area (Å²) in [4.78, 5) is 0.181. The first-order valence-electron chi connectivity index (χ1n) is 5.24. The molecule has 1 aromatic rings. The van der Waals surface area contributed by atoms with Gasteiger partial charge >= 0.3 is 0 Å². The van der Waals surface area contributed by atoms with Crippen LogP contribution in [-0.2, 0) is 10.0 Å². The van der Waals surface area contributed by atoms with Crippen LogP contribution in [0, 0.1) is 12.3 Å². The molecule has 5 heteroatoms. The van der Waals surface area contributed by atoms with Crippen LogP contribution in [0.15, 0.2) is 41.8 Å². The third-order valence-corrected chi connectivity index (χ3v) is 4.12. The van der Waals surface area contributed by atoms with Crippen molar-refractivity contribution in [3.63, 3.8) is 0 Å². The van der Waals surface area contributed by atoms with Crippen LogP contribution < -0.4 is 4.74 Å². The zero-order valence-electron chi connectivity index (χ0n) is 10.2. The summed E-state index contributed by atoms with van der Waals surface area (Å²) >= 11 is 0. The maximum atomic E-state index is 12.3. The first-order valence-corrected chi connectivity index (χ1v) is 6.69. The van der Waals surface area contributed by atoms with Crippen molar-refractivity contribution >= 4 is 10.0 Å². The summed E-state index contributed by atoms with van der Waals surface area (Å²) < 4.78 is 30.7. The van der Waals surface area contributed by atoms with E-state index in [9.17, 15) is 8.42 Å². The van der Waals surface area contributed by atoms with Gasteiger partial charge < -0.3 is 4.74 Å².